The van der Waals surface area contributed by atoms with Gasteiger partial charge in [0.2, 0.25) is 0 Å². The molecule has 0 saturated carbocycles. The maximum Gasteiger partial charge on any atom is 0.153 e. The van der Waals surface area contributed by atoms with Gasteiger partial charge in [-0.15, -0.1) is 0 Å². The van der Waals surface area contributed by atoms with Crippen LogP contribution >= 0.6 is 23.2 Å². The van der Waals surface area contributed by atoms with Crippen LogP contribution in [0.25, 0.3) is 5.82 Å². The fourth-order valence-corrected chi connectivity index (χ4v) is 1.65. The lowest BCUT2D eigenvalue weighted by molar-refractivity contribution is 0.801. The topological polar surface area (TPSA) is 42.7 Å². The summed E-state index contributed by atoms with van der Waals surface area (Å²) in [7, 11) is 1.86. The number of nitrogens with one attached hydrogen (secondary N) is 1. The third kappa shape index (κ3) is 2.35. The molecule has 16 heavy (non-hydrogen) atoms. The summed E-state index contributed by atoms with van der Waals surface area (Å²) in [4.78, 5) is 4.19. The van der Waals surface area contributed by atoms with Crippen molar-refractivity contribution in [3.8, 4) is 5.82 Å². The summed E-state index contributed by atoms with van der Waals surface area (Å²) >= 11 is 11.8. The van der Waals surface area contributed by atoms with Crippen molar-refractivity contribution >= 4 is 23.2 Å². The Balaban J connectivity index is 2.39. The maximum absolute atomic E-state index is 6.01. The fraction of sp³-hybridized carbons (Fsp3) is 0.200. The minimum atomic E-state index is 0.576. The van der Waals surface area contributed by atoms with Gasteiger partial charge in [-0.3, -0.25) is 0 Å². The van der Waals surface area contributed by atoms with Crippen LogP contribution < -0.4 is 5.32 Å². The molecule has 2 heterocycles. The first-order valence-electron chi connectivity index (χ1n) is 4.70. The molecule has 0 amide bonds. The summed E-state index contributed by atoms with van der Waals surface area (Å²) in [5, 5.41) is 8.33. The molecule has 0 fully saturated rings. The molecule has 0 atom stereocenters. The fourth-order valence-electron chi connectivity index (χ4n) is 1.35. The van der Waals surface area contributed by atoms with E-state index in [1.165, 1.54) is 0 Å². The van der Waals surface area contributed by atoms with Gasteiger partial charge in [0.1, 0.15) is 0 Å². The standard InChI is InChI=1S/C10H10Cl2N4/c1-13-3-7-2-10(14-5-9(7)12)16-6-8(11)4-15-16/h2,4-6,13H,3H2,1H3. The van der Waals surface area contributed by atoms with E-state index in [1.807, 2.05) is 13.1 Å². The Morgan fingerprint density at radius 1 is 1.38 bits per heavy atom. The highest BCUT2D eigenvalue weighted by molar-refractivity contribution is 6.31. The van der Waals surface area contributed by atoms with E-state index in [-0.39, 0.29) is 0 Å². The molecule has 84 valence electrons. The molecule has 0 bridgehead atoms. The van der Waals surface area contributed by atoms with E-state index in [1.54, 1.807) is 23.3 Å². The van der Waals surface area contributed by atoms with Crippen molar-refractivity contribution < 1.29 is 0 Å². The van der Waals surface area contributed by atoms with Crippen molar-refractivity contribution in [3.63, 3.8) is 0 Å². The predicted octanol–water partition coefficient (Wildman–Crippen LogP) is 2.29. The lowest BCUT2D eigenvalue weighted by Gasteiger charge is -2.06. The van der Waals surface area contributed by atoms with E-state index in [2.05, 4.69) is 15.4 Å². The zero-order valence-corrected chi connectivity index (χ0v) is 10.1. The van der Waals surface area contributed by atoms with Crippen LogP contribution in [0.15, 0.2) is 24.7 Å². The van der Waals surface area contributed by atoms with E-state index >= 15 is 0 Å². The normalized spacial score (nSPS) is 10.7. The predicted molar refractivity (Wildman–Crippen MR) is 64.1 cm³/mol. The Morgan fingerprint density at radius 2 is 2.19 bits per heavy atom. The lowest BCUT2D eigenvalue weighted by atomic mass is 10.2. The summed E-state index contributed by atoms with van der Waals surface area (Å²) in [5.41, 5.74) is 0.973. The van der Waals surface area contributed by atoms with Gasteiger partial charge >= 0.3 is 0 Å². The SMILES string of the molecule is CNCc1cc(-n2cc(Cl)cn2)ncc1Cl. The Bertz CT molecular complexity index is 495. The number of hydrogen-bond acceptors (Lipinski definition) is 3. The quantitative estimate of drug-likeness (QED) is 0.917. The number of aromatic nitrogens is 3. The zero-order chi connectivity index (χ0) is 11.5. The average molecular weight is 257 g/mol. The number of pyridine rings is 1. The number of halogens is 2. The number of rotatable bonds is 3. The zero-order valence-electron chi connectivity index (χ0n) is 8.61. The molecule has 0 aliphatic heterocycles. The van der Waals surface area contributed by atoms with E-state index in [0.29, 0.717) is 22.4 Å². The summed E-state index contributed by atoms with van der Waals surface area (Å²) < 4.78 is 1.61. The highest BCUT2D eigenvalue weighted by atomic mass is 35.5. The Labute approximate surface area is 103 Å². The molecule has 0 radical (unpaired) electrons. The van der Waals surface area contributed by atoms with E-state index in [4.69, 9.17) is 23.2 Å². The van der Waals surface area contributed by atoms with Gasteiger partial charge in [0, 0.05) is 12.7 Å². The molecule has 0 unspecified atom stereocenters. The van der Waals surface area contributed by atoms with Gasteiger partial charge in [0.05, 0.1) is 22.4 Å². The van der Waals surface area contributed by atoms with Crippen LogP contribution in [-0.2, 0) is 6.54 Å². The lowest BCUT2D eigenvalue weighted by Crippen LogP contribution is -2.07. The van der Waals surface area contributed by atoms with Crippen molar-refractivity contribution in [2.75, 3.05) is 7.05 Å². The van der Waals surface area contributed by atoms with Crippen LogP contribution in [0.3, 0.4) is 0 Å². The molecule has 4 nitrogen and oxygen atoms in total. The molecule has 2 aromatic rings. The average Bonchev–Trinajstić information content (AvgIpc) is 2.69. The van der Waals surface area contributed by atoms with Gasteiger partial charge in [-0.1, -0.05) is 23.2 Å². The molecule has 0 saturated heterocycles. The second-order valence-electron chi connectivity index (χ2n) is 3.27. The summed E-state index contributed by atoms with van der Waals surface area (Å²) in [6.45, 7) is 0.684. The number of nitrogens with zero attached hydrogens (tertiary/aromatic N) is 3. The summed E-state index contributed by atoms with van der Waals surface area (Å²) in [6, 6.07) is 1.88. The first-order valence-corrected chi connectivity index (χ1v) is 5.46. The van der Waals surface area contributed by atoms with Crippen molar-refractivity contribution in [1.29, 1.82) is 0 Å². The molecule has 0 aromatic carbocycles. The largest absolute Gasteiger partial charge is 0.316 e. The van der Waals surface area contributed by atoms with Crippen LogP contribution in [0.5, 0.6) is 0 Å². The Kier molecular flexibility index (Phi) is 3.43. The van der Waals surface area contributed by atoms with Gasteiger partial charge in [0.25, 0.3) is 0 Å². The first kappa shape index (κ1) is 11.4. The molecule has 6 heteroatoms. The third-order valence-corrected chi connectivity index (χ3v) is 2.61. The number of hydrogen-bond donors (Lipinski definition) is 1. The second kappa shape index (κ2) is 4.82. The van der Waals surface area contributed by atoms with Crippen LogP contribution in [0.1, 0.15) is 5.56 Å². The molecule has 0 aliphatic carbocycles. The molecule has 0 aliphatic rings. The minimum Gasteiger partial charge on any atom is -0.316 e. The van der Waals surface area contributed by atoms with Crippen molar-refractivity contribution in [2.45, 2.75) is 6.54 Å². The van der Waals surface area contributed by atoms with Crippen LogP contribution in [-0.4, -0.2) is 21.8 Å². The van der Waals surface area contributed by atoms with Gasteiger partial charge in [-0.25, -0.2) is 9.67 Å². The molecule has 2 aromatic heterocycles. The minimum absolute atomic E-state index is 0.576. The monoisotopic (exact) mass is 256 g/mol. The molecular weight excluding hydrogens is 247 g/mol. The maximum atomic E-state index is 6.01. The van der Waals surface area contributed by atoms with E-state index in [9.17, 15) is 0 Å². The van der Waals surface area contributed by atoms with Crippen molar-refractivity contribution in [3.05, 3.63) is 40.3 Å². The van der Waals surface area contributed by atoms with Gasteiger partial charge < -0.3 is 5.32 Å². The summed E-state index contributed by atoms with van der Waals surface area (Å²) in [6.07, 6.45) is 4.87. The molecular formula is C10H10Cl2N4. The van der Waals surface area contributed by atoms with E-state index in [0.717, 1.165) is 5.56 Å². The highest BCUT2D eigenvalue weighted by Gasteiger charge is 2.05. The first-order chi connectivity index (χ1) is 7.70. The van der Waals surface area contributed by atoms with Crippen molar-refractivity contribution in [1.82, 2.24) is 20.1 Å². The van der Waals surface area contributed by atoms with Crippen molar-refractivity contribution in [2.24, 2.45) is 0 Å². The molecule has 2 rings (SSSR count). The van der Waals surface area contributed by atoms with Gasteiger partial charge in [-0.05, 0) is 18.7 Å². The second-order valence-corrected chi connectivity index (χ2v) is 4.11. The summed E-state index contributed by atoms with van der Waals surface area (Å²) in [5.74, 6) is 0.696. The van der Waals surface area contributed by atoms with Gasteiger partial charge in [-0.2, -0.15) is 5.10 Å². The third-order valence-electron chi connectivity index (χ3n) is 2.07. The highest BCUT2D eigenvalue weighted by Crippen LogP contribution is 2.18. The van der Waals surface area contributed by atoms with Crippen LogP contribution in [0.2, 0.25) is 10.0 Å². The van der Waals surface area contributed by atoms with E-state index < -0.39 is 0 Å². The molecule has 0 spiro atoms. The van der Waals surface area contributed by atoms with Crippen LogP contribution in [0, 0.1) is 0 Å². The Morgan fingerprint density at radius 3 is 2.81 bits per heavy atom. The van der Waals surface area contributed by atoms with Gasteiger partial charge in [0.15, 0.2) is 5.82 Å². The molecule has 1 N–H and O–H groups in total. The smallest absolute Gasteiger partial charge is 0.153 e. The Hall–Kier alpha value is -1.10. The van der Waals surface area contributed by atoms with Crippen LogP contribution in [0.4, 0.5) is 0 Å².